The van der Waals surface area contributed by atoms with E-state index in [9.17, 15) is 0 Å². The van der Waals surface area contributed by atoms with Gasteiger partial charge in [0.2, 0.25) is 0 Å². The zero-order valence-electron chi connectivity index (χ0n) is 9.01. The van der Waals surface area contributed by atoms with Crippen LogP contribution in [0, 0.1) is 5.92 Å². The van der Waals surface area contributed by atoms with Crippen LogP contribution in [-0.4, -0.2) is 24.1 Å². The Morgan fingerprint density at radius 2 is 2.23 bits per heavy atom. The van der Waals surface area contributed by atoms with Gasteiger partial charge in [-0.15, -0.1) is 0 Å². The van der Waals surface area contributed by atoms with Crippen molar-refractivity contribution in [1.29, 1.82) is 0 Å². The van der Waals surface area contributed by atoms with E-state index < -0.39 is 0 Å². The fourth-order valence-corrected chi connectivity index (χ4v) is 2.24. The second kappa shape index (κ2) is 6.72. The van der Waals surface area contributed by atoms with E-state index in [1.807, 2.05) is 11.8 Å². The third kappa shape index (κ3) is 6.39. The van der Waals surface area contributed by atoms with Crippen molar-refractivity contribution in [3.05, 3.63) is 0 Å². The minimum atomic E-state index is 0.749. The van der Waals surface area contributed by atoms with Crippen molar-refractivity contribution in [2.45, 2.75) is 45.6 Å². The Morgan fingerprint density at radius 1 is 1.46 bits per heavy atom. The lowest BCUT2D eigenvalue weighted by Crippen LogP contribution is -2.27. The molecule has 1 nitrogen and oxygen atoms in total. The molecule has 0 bridgehead atoms. The molecule has 1 unspecified atom stereocenters. The van der Waals surface area contributed by atoms with Crippen LogP contribution in [-0.2, 0) is 0 Å². The highest BCUT2D eigenvalue weighted by Crippen LogP contribution is 2.33. The van der Waals surface area contributed by atoms with Crippen LogP contribution in [0.25, 0.3) is 0 Å². The van der Waals surface area contributed by atoms with E-state index in [-0.39, 0.29) is 0 Å². The minimum absolute atomic E-state index is 0.749. The topological polar surface area (TPSA) is 12.0 Å². The normalized spacial score (nSPS) is 18.9. The molecule has 1 N–H and O–H groups in total. The first kappa shape index (κ1) is 11.4. The standard InChI is InChI=1S/C11H23NS/c1-3-13-8-4-7-12-10(2)9-11-5-6-11/h10-12H,3-9H2,1-2H3. The van der Waals surface area contributed by atoms with Crippen LogP contribution in [0.4, 0.5) is 0 Å². The summed E-state index contributed by atoms with van der Waals surface area (Å²) in [6.07, 6.45) is 5.70. The van der Waals surface area contributed by atoms with E-state index in [1.54, 1.807) is 0 Å². The summed E-state index contributed by atoms with van der Waals surface area (Å²) in [5.74, 6) is 3.64. The fourth-order valence-electron chi connectivity index (χ4n) is 1.60. The monoisotopic (exact) mass is 201 g/mol. The van der Waals surface area contributed by atoms with Crippen molar-refractivity contribution in [3.63, 3.8) is 0 Å². The predicted octanol–water partition coefficient (Wildman–Crippen LogP) is 2.91. The summed E-state index contributed by atoms with van der Waals surface area (Å²) in [6, 6.07) is 0.749. The van der Waals surface area contributed by atoms with Crippen LogP contribution < -0.4 is 5.32 Å². The lowest BCUT2D eigenvalue weighted by atomic mass is 10.1. The largest absolute Gasteiger partial charge is 0.314 e. The fraction of sp³-hybridized carbons (Fsp3) is 1.00. The van der Waals surface area contributed by atoms with Gasteiger partial charge in [-0.25, -0.2) is 0 Å². The SMILES string of the molecule is CCSCCCNC(C)CC1CC1. The number of thioether (sulfide) groups is 1. The maximum absolute atomic E-state index is 3.60. The van der Waals surface area contributed by atoms with Gasteiger partial charge in [-0.3, -0.25) is 0 Å². The second-order valence-electron chi connectivity index (χ2n) is 4.08. The first-order valence-corrected chi connectivity index (χ1v) is 6.79. The molecule has 0 radical (unpaired) electrons. The summed E-state index contributed by atoms with van der Waals surface area (Å²) < 4.78 is 0. The summed E-state index contributed by atoms with van der Waals surface area (Å²) in [5.41, 5.74) is 0. The molecule has 0 amide bonds. The third-order valence-corrected chi connectivity index (χ3v) is 3.53. The zero-order valence-corrected chi connectivity index (χ0v) is 9.83. The minimum Gasteiger partial charge on any atom is -0.314 e. The molecule has 0 aromatic carbocycles. The Balaban J connectivity index is 1.80. The molecule has 0 spiro atoms. The molecule has 1 aliphatic rings. The average molecular weight is 201 g/mol. The lowest BCUT2D eigenvalue weighted by Gasteiger charge is -2.12. The molecular formula is C11H23NS. The van der Waals surface area contributed by atoms with E-state index in [0.717, 1.165) is 12.0 Å². The van der Waals surface area contributed by atoms with E-state index >= 15 is 0 Å². The van der Waals surface area contributed by atoms with Gasteiger partial charge in [0, 0.05) is 6.04 Å². The maximum Gasteiger partial charge on any atom is 0.00413 e. The molecule has 13 heavy (non-hydrogen) atoms. The van der Waals surface area contributed by atoms with Gasteiger partial charge in [0.05, 0.1) is 0 Å². The smallest absolute Gasteiger partial charge is 0.00413 e. The number of hydrogen-bond acceptors (Lipinski definition) is 2. The highest BCUT2D eigenvalue weighted by molar-refractivity contribution is 7.99. The lowest BCUT2D eigenvalue weighted by molar-refractivity contribution is 0.489. The Labute approximate surface area is 87.1 Å². The first-order chi connectivity index (χ1) is 6.33. The van der Waals surface area contributed by atoms with Crippen molar-refractivity contribution in [1.82, 2.24) is 5.32 Å². The predicted molar refractivity (Wildman–Crippen MR) is 62.4 cm³/mol. The number of nitrogens with one attached hydrogen (secondary N) is 1. The molecule has 1 fully saturated rings. The summed E-state index contributed by atoms with van der Waals surface area (Å²) in [5, 5.41) is 3.60. The maximum atomic E-state index is 3.60. The molecule has 0 aliphatic heterocycles. The second-order valence-corrected chi connectivity index (χ2v) is 5.48. The van der Waals surface area contributed by atoms with Gasteiger partial charge in [0.25, 0.3) is 0 Å². The van der Waals surface area contributed by atoms with Gasteiger partial charge in [-0.1, -0.05) is 19.8 Å². The molecule has 78 valence electrons. The van der Waals surface area contributed by atoms with Gasteiger partial charge < -0.3 is 5.32 Å². The number of hydrogen-bond donors (Lipinski definition) is 1. The molecule has 1 saturated carbocycles. The van der Waals surface area contributed by atoms with Gasteiger partial charge in [-0.2, -0.15) is 11.8 Å². The number of rotatable bonds is 8. The summed E-state index contributed by atoms with van der Waals surface area (Å²) in [4.78, 5) is 0. The van der Waals surface area contributed by atoms with Gasteiger partial charge >= 0.3 is 0 Å². The van der Waals surface area contributed by atoms with E-state index in [2.05, 4.69) is 19.2 Å². The van der Waals surface area contributed by atoms with Gasteiger partial charge in [-0.05, 0) is 43.7 Å². The van der Waals surface area contributed by atoms with Crippen molar-refractivity contribution < 1.29 is 0 Å². The van der Waals surface area contributed by atoms with Crippen LogP contribution in [0.5, 0.6) is 0 Å². The van der Waals surface area contributed by atoms with Crippen LogP contribution in [0.3, 0.4) is 0 Å². The van der Waals surface area contributed by atoms with Gasteiger partial charge in [0.15, 0.2) is 0 Å². The van der Waals surface area contributed by atoms with E-state index in [0.29, 0.717) is 0 Å². The Kier molecular flexibility index (Phi) is 5.88. The molecule has 1 aliphatic carbocycles. The highest BCUT2D eigenvalue weighted by atomic mass is 32.2. The molecule has 0 aromatic rings. The quantitative estimate of drug-likeness (QED) is 0.606. The Bertz CT molecular complexity index is 123. The summed E-state index contributed by atoms with van der Waals surface area (Å²) in [6.45, 7) is 5.76. The van der Waals surface area contributed by atoms with Crippen molar-refractivity contribution in [2.24, 2.45) is 5.92 Å². The highest BCUT2D eigenvalue weighted by Gasteiger charge is 2.22. The molecule has 0 aromatic heterocycles. The van der Waals surface area contributed by atoms with E-state index in [1.165, 1.54) is 43.7 Å². The Hall–Kier alpha value is 0.310. The zero-order chi connectivity index (χ0) is 9.52. The summed E-state index contributed by atoms with van der Waals surface area (Å²) >= 11 is 2.05. The average Bonchev–Trinajstić information content (AvgIpc) is 2.88. The van der Waals surface area contributed by atoms with Crippen LogP contribution in [0.15, 0.2) is 0 Å². The molecule has 2 heteroatoms. The molecule has 1 rings (SSSR count). The van der Waals surface area contributed by atoms with Crippen molar-refractivity contribution in [3.8, 4) is 0 Å². The molecule has 0 heterocycles. The van der Waals surface area contributed by atoms with Crippen LogP contribution in [0.2, 0.25) is 0 Å². The third-order valence-electron chi connectivity index (χ3n) is 2.55. The molecular weight excluding hydrogens is 178 g/mol. The van der Waals surface area contributed by atoms with Crippen molar-refractivity contribution in [2.75, 3.05) is 18.1 Å². The Morgan fingerprint density at radius 3 is 2.85 bits per heavy atom. The molecule has 0 saturated heterocycles. The summed E-state index contributed by atoms with van der Waals surface area (Å²) in [7, 11) is 0. The van der Waals surface area contributed by atoms with Gasteiger partial charge in [0.1, 0.15) is 0 Å². The van der Waals surface area contributed by atoms with Crippen LogP contribution in [0.1, 0.15) is 39.5 Å². The first-order valence-electron chi connectivity index (χ1n) is 5.64. The van der Waals surface area contributed by atoms with E-state index in [4.69, 9.17) is 0 Å². The van der Waals surface area contributed by atoms with Crippen molar-refractivity contribution >= 4 is 11.8 Å². The van der Waals surface area contributed by atoms with Crippen LogP contribution >= 0.6 is 11.8 Å². The molecule has 1 atom stereocenters.